The Balaban J connectivity index is 1.36. The Kier molecular flexibility index (Phi) is 6.41. The summed E-state index contributed by atoms with van der Waals surface area (Å²) in [6.07, 6.45) is 4.55. The van der Waals surface area contributed by atoms with Crippen molar-refractivity contribution in [2.24, 2.45) is 0 Å². The second kappa shape index (κ2) is 9.84. The highest BCUT2D eigenvalue weighted by molar-refractivity contribution is 9.10. The van der Waals surface area contributed by atoms with Crippen molar-refractivity contribution >= 4 is 50.0 Å². The van der Waals surface area contributed by atoms with Gasteiger partial charge in [0.2, 0.25) is 0 Å². The lowest BCUT2D eigenvalue weighted by atomic mass is 10.1. The van der Waals surface area contributed by atoms with Crippen LogP contribution in [0.15, 0.2) is 47.1 Å². The number of nitrogens with zero attached hydrogens (tertiary/aromatic N) is 6. The molecule has 4 heterocycles. The van der Waals surface area contributed by atoms with Crippen molar-refractivity contribution < 1.29 is 9.53 Å². The largest absolute Gasteiger partial charge is 0.363 e. The number of aromatic nitrogens is 5. The zero-order chi connectivity index (χ0) is 24.6. The summed E-state index contributed by atoms with van der Waals surface area (Å²) < 4.78 is 10.8. The van der Waals surface area contributed by atoms with Crippen molar-refractivity contribution in [3.05, 3.63) is 69.0 Å². The molecule has 1 amide bonds. The molecule has 2 aromatic carbocycles. The maximum Gasteiger partial charge on any atom is 0.272 e. The van der Waals surface area contributed by atoms with E-state index in [4.69, 9.17) is 21.4 Å². The maximum absolute atomic E-state index is 13.3. The van der Waals surface area contributed by atoms with Gasteiger partial charge in [0.1, 0.15) is 0 Å². The highest BCUT2D eigenvalue weighted by atomic mass is 79.9. The molecular formula is C25H25BrClN7O2. The van der Waals surface area contributed by atoms with Gasteiger partial charge in [-0.15, -0.1) is 5.10 Å². The number of carbonyl (C=O) groups is 1. The lowest BCUT2D eigenvalue weighted by molar-refractivity contribution is -0.0368. The summed E-state index contributed by atoms with van der Waals surface area (Å²) in [5, 5.41) is 17.4. The number of nitrogens with one attached hydrogen (secondary N) is 1. The normalized spacial score (nSPS) is 17.8. The number of halogens is 2. The van der Waals surface area contributed by atoms with Crippen LogP contribution in [0.25, 0.3) is 10.9 Å². The van der Waals surface area contributed by atoms with E-state index in [-0.39, 0.29) is 12.1 Å². The third-order valence-electron chi connectivity index (χ3n) is 6.77. The number of hydrogen-bond acceptors (Lipinski definition) is 6. The Morgan fingerprint density at radius 2 is 2.03 bits per heavy atom. The van der Waals surface area contributed by atoms with E-state index in [1.165, 1.54) is 0 Å². The van der Waals surface area contributed by atoms with Crippen LogP contribution in [0.2, 0.25) is 5.02 Å². The van der Waals surface area contributed by atoms with E-state index in [0.717, 1.165) is 64.7 Å². The monoisotopic (exact) mass is 569 g/mol. The smallest absolute Gasteiger partial charge is 0.272 e. The first kappa shape index (κ1) is 23.4. The van der Waals surface area contributed by atoms with Crippen LogP contribution in [0.5, 0.6) is 0 Å². The van der Waals surface area contributed by atoms with Gasteiger partial charge in [0.25, 0.3) is 5.91 Å². The van der Waals surface area contributed by atoms with E-state index in [9.17, 15) is 4.79 Å². The molecule has 0 radical (unpaired) electrons. The summed E-state index contributed by atoms with van der Waals surface area (Å²) in [6.45, 7) is 3.36. The molecule has 4 aromatic rings. The number of ether oxygens (including phenoxy) is 1. The number of amides is 1. The zero-order valence-electron chi connectivity index (χ0n) is 19.5. The van der Waals surface area contributed by atoms with Crippen molar-refractivity contribution in [3.63, 3.8) is 0 Å². The average molecular weight is 571 g/mol. The molecule has 186 valence electrons. The van der Waals surface area contributed by atoms with Crippen LogP contribution in [0.4, 0.5) is 5.69 Å². The first-order valence-electron chi connectivity index (χ1n) is 12.1. The summed E-state index contributed by atoms with van der Waals surface area (Å²) in [4.78, 5) is 15.6. The van der Waals surface area contributed by atoms with Crippen LogP contribution in [-0.4, -0.2) is 43.8 Å². The summed E-state index contributed by atoms with van der Waals surface area (Å²) in [7, 11) is 0. The summed E-state index contributed by atoms with van der Waals surface area (Å²) in [5.74, 6) is -0.225. The molecule has 11 heteroatoms. The number of anilines is 1. The summed E-state index contributed by atoms with van der Waals surface area (Å²) in [5.41, 5.74) is 4.34. The van der Waals surface area contributed by atoms with Crippen molar-refractivity contribution in [2.45, 2.75) is 45.1 Å². The minimum Gasteiger partial charge on any atom is -0.363 e. The van der Waals surface area contributed by atoms with E-state index >= 15 is 0 Å². The Bertz CT molecular complexity index is 1410. The molecule has 0 bridgehead atoms. The van der Waals surface area contributed by atoms with Gasteiger partial charge in [-0.3, -0.25) is 4.79 Å². The molecule has 0 saturated carbocycles. The van der Waals surface area contributed by atoms with E-state index < -0.39 is 0 Å². The molecule has 2 aliphatic rings. The first-order chi connectivity index (χ1) is 17.6. The molecule has 0 aliphatic carbocycles. The van der Waals surface area contributed by atoms with Crippen LogP contribution >= 0.6 is 27.5 Å². The van der Waals surface area contributed by atoms with Crippen LogP contribution in [0.1, 0.15) is 47.2 Å². The SMILES string of the molecule is O=C(NCc1ccc(Cl)cc1)c1nn(C2CCCCO2)c2c(Br)c(N3CCn4nncc4C3)ccc12. The lowest BCUT2D eigenvalue weighted by Gasteiger charge is -2.30. The fraction of sp³-hybridized carbons (Fsp3) is 0.360. The molecule has 1 N–H and O–H groups in total. The van der Waals surface area contributed by atoms with Gasteiger partial charge < -0.3 is 15.0 Å². The van der Waals surface area contributed by atoms with Gasteiger partial charge in [-0.2, -0.15) is 5.10 Å². The van der Waals surface area contributed by atoms with Gasteiger partial charge in [-0.1, -0.05) is 28.9 Å². The predicted octanol–water partition coefficient (Wildman–Crippen LogP) is 4.69. The van der Waals surface area contributed by atoms with E-state index in [1.807, 2.05) is 45.9 Å². The highest BCUT2D eigenvalue weighted by Crippen LogP contribution is 2.39. The second-order valence-corrected chi connectivity index (χ2v) is 10.3. The fourth-order valence-corrected chi connectivity index (χ4v) is 5.78. The summed E-state index contributed by atoms with van der Waals surface area (Å²) >= 11 is 9.86. The zero-order valence-corrected chi connectivity index (χ0v) is 21.9. The number of rotatable bonds is 5. The number of fused-ring (bicyclic) bond motifs is 2. The van der Waals surface area contributed by atoms with E-state index in [2.05, 4.69) is 42.5 Å². The highest BCUT2D eigenvalue weighted by Gasteiger charge is 2.28. The van der Waals surface area contributed by atoms with Gasteiger partial charge in [-0.25, -0.2) is 9.36 Å². The van der Waals surface area contributed by atoms with Gasteiger partial charge in [0.05, 0.1) is 40.7 Å². The molecule has 1 unspecified atom stereocenters. The molecule has 36 heavy (non-hydrogen) atoms. The summed E-state index contributed by atoms with van der Waals surface area (Å²) in [6, 6.07) is 11.5. The van der Waals surface area contributed by atoms with Crippen LogP contribution < -0.4 is 10.2 Å². The van der Waals surface area contributed by atoms with Gasteiger partial charge in [-0.05, 0) is 65.0 Å². The maximum atomic E-state index is 13.3. The fourth-order valence-electron chi connectivity index (χ4n) is 4.87. The third-order valence-corrected chi connectivity index (χ3v) is 7.80. The first-order valence-corrected chi connectivity index (χ1v) is 13.2. The van der Waals surface area contributed by atoms with Crippen molar-refractivity contribution in [1.82, 2.24) is 30.1 Å². The van der Waals surface area contributed by atoms with Crippen LogP contribution in [-0.2, 0) is 24.4 Å². The molecule has 0 spiro atoms. The molecule has 1 atom stereocenters. The van der Waals surface area contributed by atoms with Crippen molar-refractivity contribution in [3.8, 4) is 0 Å². The van der Waals surface area contributed by atoms with Crippen LogP contribution in [0.3, 0.4) is 0 Å². The van der Waals surface area contributed by atoms with E-state index in [1.54, 1.807) is 0 Å². The van der Waals surface area contributed by atoms with Crippen molar-refractivity contribution in [2.75, 3.05) is 18.1 Å². The quantitative estimate of drug-likeness (QED) is 0.374. The predicted molar refractivity (Wildman–Crippen MR) is 140 cm³/mol. The molecule has 2 aliphatic heterocycles. The topological polar surface area (TPSA) is 90.1 Å². The molecule has 6 rings (SSSR count). The molecule has 2 aromatic heterocycles. The molecule has 1 saturated heterocycles. The van der Waals surface area contributed by atoms with Crippen molar-refractivity contribution in [1.29, 1.82) is 0 Å². The van der Waals surface area contributed by atoms with Gasteiger partial charge in [0, 0.05) is 30.1 Å². The molecule has 1 fully saturated rings. The standard InChI is InChI=1S/C25H25BrClN7O2/c26-22-20(32-10-11-33-18(15-32)14-29-31-33)9-8-19-23(25(35)28-13-16-4-6-17(27)7-5-16)30-34(24(19)22)21-3-1-2-12-36-21/h4-9,14,21H,1-3,10-13,15H2,(H,28,35). The molecule has 9 nitrogen and oxygen atoms in total. The Hall–Kier alpha value is -2.95. The van der Waals surface area contributed by atoms with E-state index in [0.29, 0.717) is 30.4 Å². The number of benzene rings is 2. The Morgan fingerprint density at radius 3 is 2.83 bits per heavy atom. The second-order valence-electron chi connectivity index (χ2n) is 9.09. The van der Waals surface area contributed by atoms with Crippen LogP contribution in [0, 0.1) is 0 Å². The minimum atomic E-state index is -0.225. The molecular weight excluding hydrogens is 546 g/mol. The Labute approximate surface area is 221 Å². The number of carbonyl (C=O) groups excluding carboxylic acids is 1. The third kappa shape index (κ3) is 4.38. The van der Waals surface area contributed by atoms with Gasteiger partial charge >= 0.3 is 0 Å². The number of hydrogen-bond donors (Lipinski definition) is 1. The van der Waals surface area contributed by atoms with Gasteiger partial charge in [0.15, 0.2) is 11.9 Å². The average Bonchev–Trinajstić information content (AvgIpc) is 3.54. The Morgan fingerprint density at radius 1 is 1.17 bits per heavy atom. The lowest BCUT2D eigenvalue weighted by Crippen LogP contribution is -2.34. The minimum absolute atomic E-state index is 0.211.